The topological polar surface area (TPSA) is 72.4 Å². The molecule has 5 nitrogen and oxygen atoms in total. The number of carbonyl (C=O) groups is 1. The highest BCUT2D eigenvalue weighted by Gasteiger charge is 2.15. The van der Waals surface area contributed by atoms with Crippen molar-refractivity contribution in [3.05, 3.63) is 43.8 Å². The van der Waals surface area contributed by atoms with Crippen LogP contribution in [0, 0.1) is 0 Å². The van der Waals surface area contributed by atoms with Crippen molar-refractivity contribution in [2.75, 3.05) is 0 Å². The number of nitrogens with zero attached hydrogens (tertiary/aromatic N) is 1. The van der Waals surface area contributed by atoms with Gasteiger partial charge in [0, 0.05) is 15.2 Å². The molecule has 7 heteroatoms. The Hall–Kier alpha value is -1.86. The lowest BCUT2D eigenvalue weighted by Gasteiger charge is -2.01. The Labute approximate surface area is 125 Å². The lowest BCUT2D eigenvalue weighted by Crippen LogP contribution is -2.19. The van der Waals surface area contributed by atoms with E-state index in [0.717, 1.165) is 21.2 Å². The highest BCUT2D eigenvalue weighted by atomic mass is 79.9. The van der Waals surface area contributed by atoms with Crippen LogP contribution < -0.4 is 4.87 Å². The molecule has 0 fully saturated rings. The van der Waals surface area contributed by atoms with E-state index >= 15 is 0 Å². The van der Waals surface area contributed by atoms with Crippen LogP contribution in [0.3, 0.4) is 0 Å². The second-order valence-electron chi connectivity index (χ2n) is 4.16. The third-order valence-corrected chi connectivity index (χ3v) is 4.06. The highest BCUT2D eigenvalue weighted by molar-refractivity contribution is 9.10. The number of hydrogen-bond donors (Lipinski definition) is 1. The van der Waals surface area contributed by atoms with Crippen molar-refractivity contribution in [1.29, 1.82) is 0 Å². The van der Waals surface area contributed by atoms with E-state index < -0.39 is 5.97 Å². The molecule has 1 N–H and O–H groups in total. The molecule has 3 rings (SSSR count). The molecule has 0 saturated heterocycles. The summed E-state index contributed by atoms with van der Waals surface area (Å²) in [6.07, 6.45) is 0. The Morgan fingerprint density at radius 2 is 2.20 bits per heavy atom. The SMILES string of the molecule is O=C(O)Cn1c(-c2cc3cc(Br)ccc3o2)csc1=O. The summed E-state index contributed by atoms with van der Waals surface area (Å²) in [7, 11) is 0. The first-order chi connectivity index (χ1) is 9.54. The number of aliphatic carboxylic acids is 1. The number of thiazole rings is 1. The van der Waals surface area contributed by atoms with Gasteiger partial charge in [0.15, 0.2) is 5.76 Å². The summed E-state index contributed by atoms with van der Waals surface area (Å²) in [5, 5.41) is 11.4. The van der Waals surface area contributed by atoms with Gasteiger partial charge >= 0.3 is 10.8 Å². The van der Waals surface area contributed by atoms with E-state index in [9.17, 15) is 9.59 Å². The van der Waals surface area contributed by atoms with Gasteiger partial charge in [-0.15, -0.1) is 0 Å². The van der Waals surface area contributed by atoms with Crippen LogP contribution in [0.2, 0.25) is 0 Å². The number of carboxylic acid groups (broad SMARTS) is 1. The zero-order chi connectivity index (χ0) is 14.3. The summed E-state index contributed by atoms with van der Waals surface area (Å²) in [5.74, 6) is -0.580. The lowest BCUT2D eigenvalue weighted by atomic mass is 10.2. The lowest BCUT2D eigenvalue weighted by molar-refractivity contribution is -0.137. The smallest absolute Gasteiger partial charge is 0.323 e. The second-order valence-corrected chi connectivity index (χ2v) is 5.90. The van der Waals surface area contributed by atoms with Gasteiger partial charge in [-0.25, -0.2) is 0 Å². The first-order valence-electron chi connectivity index (χ1n) is 5.64. The van der Waals surface area contributed by atoms with E-state index in [1.54, 1.807) is 11.4 Å². The number of aromatic nitrogens is 1. The average Bonchev–Trinajstić information content (AvgIpc) is 2.93. The molecule has 0 aliphatic carbocycles. The van der Waals surface area contributed by atoms with Crippen molar-refractivity contribution < 1.29 is 14.3 Å². The van der Waals surface area contributed by atoms with Crippen LogP contribution in [0.5, 0.6) is 0 Å². The molecular formula is C13H8BrNO4S. The maximum absolute atomic E-state index is 11.7. The van der Waals surface area contributed by atoms with Crippen LogP contribution in [-0.2, 0) is 11.3 Å². The van der Waals surface area contributed by atoms with Crippen LogP contribution >= 0.6 is 27.3 Å². The Bertz CT molecular complexity index is 861. The normalized spacial score (nSPS) is 11.1. The Morgan fingerprint density at radius 1 is 1.40 bits per heavy atom. The molecule has 0 unspecified atom stereocenters. The summed E-state index contributed by atoms with van der Waals surface area (Å²) in [5.41, 5.74) is 1.17. The first-order valence-corrected chi connectivity index (χ1v) is 7.31. The maximum Gasteiger partial charge on any atom is 0.323 e. The first kappa shape index (κ1) is 13.1. The van der Waals surface area contributed by atoms with Gasteiger partial charge in [0.2, 0.25) is 0 Å². The molecule has 20 heavy (non-hydrogen) atoms. The molecule has 3 aromatic rings. The van der Waals surface area contributed by atoms with Gasteiger partial charge in [0.05, 0.1) is 5.69 Å². The zero-order valence-corrected chi connectivity index (χ0v) is 12.4. The van der Waals surface area contributed by atoms with Crippen LogP contribution in [0.15, 0.2) is 43.3 Å². The number of carboxylic acids is 1. The third kappa shape index (κ3) is 2.30. The molecular weight excluding hydrogens is 346 g/mol. The molecule has 2 aromatic heterocycles. The summed E-state index contributed by atoms with van der Waals surface area (Å²) in [4.78, 5) is 22.2. The predicted octanol–water partition coefficient (Wildman–Crippen LogP) is 3.17. The summed E-state index contributed by atoms with van der Waals surface area (Å²) in [6.45, 7) is -0.377. The van der Waals surface area contributed by atoms with Crippen molar-refractivity contribution in [2.45, 2.75) is 6.54 Å². The molecule has 0 aliphatic heterocycles. The molecule has 1 aromatic carbocycles. The second kappa shape index (κ2) is 4.92. The number of halogens is 1. The fraction of sp³-hybridized carbons (Fsp3) is 0.0769. The Balaban J connectivity index is 2.15. The van der Waals surface area contributed by atoms with Crippen molar-refractivity contribution in [1.82, 2.24) is 4.57 Å². The van der Waals surface area contributed by atoms with Crippen LogP contribution in [-0.4, -0.2) is 15.6 Å². The molecule has 0 spiro atoms. The van der Waals surface area contributed by atoms with Crippen LogP contribution in [0.25, 0.3) is 22.4 Å². The molecule has 102 valence electrons. The minimum Gasteiger partial charge on any atom is -0.480 e. The van der Waals surface area contributed by atoms with Gasteiger partial charge in [-0.05, 0) is 24.3 Å². The fourth-order valence-electron chi connectivity index (χ4n) is 1.95. The minimum atomic E-state index is -1.06. The van der Waals surface area contributed by atoms with Gasteiger partial charge in [-0.1, -0.05) is 27.3 Å². The van der Waals surface area contributed by atoms with Gasteiger partial charge < -0.3 is 9.52 Å². The Morgan fingerprint density at radius 3 is 2.95 bits per heavy atom. The molecule has 0 amide bonds. The number of hydrogen-bond acceptors (Lipinski definition) is 4. The highest BCUT2D eigenvalue weighted by Crippen LogP contribution is 2.29. The average molecular weight is 354 g/mol. The van der Waals surface area contributed by atoms with E-state index in [1.165, 1.54) is 4.57 Å². The quantitative estimate of drug-likeness (QED) is 0.784. The van der Waals surface area contributed by atoms with Gasteiger partial charge in [-0.3, -0.25) is 14.2 Å². The van der Waals surface area contributed by atoms with Gasteiger partial charge in [0.1, 0.15) is 12.1 Å². The largest absolute Gasteiger partial charge is 0.480 e. The van der Waals surface area contributed by atoms with E-state index in [1.807, 2.05) is 18.2 Å². The minimum absolute atomic E-state index is 0.316. The number of benzene rings is 1. The van der Waals surface area contributed by atoms with E-state index in [2.05, 4.69) is 15.9 Å². The monoisotopic (exact) mass is 353 g/mol. The van der Waals surface area contributed by atoms with E-state index in [-0.39, 0.29) is 11.4 Å². The zero-order valence-electron chi connectivity index (χ0n) is 10.00. The van der Waals surface area contributed by atoms with Crippen LogP contribution in [0.4, 0.5) is 0 Å². The van der Waals surface area contributed by atoms with Crippen LogP contribution in [0.1, 0.15) is 0 Å². The number of furan rings is 1. The predicted molar refractivity (Wildman–Crippen MR) is 79.1 cm³/mol. The van der Waals surface area contributed by atoms with Crippen molar-refractivity contribution in [3.63, 3.8) is 0 Å². The summed E-state index contributed by atoms with van der Waals surface area (Å²) < 4.78 is 7.79. The standard InChI is InChI=1S/C13H8BrNO4S/c14-8-1-2-10-7(3-8)4-11(19-10)9-6-20-13(18)15(9)5-12(16)17/h1-4,6H,5H2,(H,16,17). The summed E-state index contributed by atoms with van der Waals surface area (Å²) >= 11 is 4.33. The van der Waals surface area contributed by atoms with E-state index in [4.69, 9.17) is 9.52 Å². The molecule has 0 bridgehead atoms. The maximum atomic E-state index is 11.7. The molecule has 0 radical (unpaired) electrons. The third-order valence-electron chi connectivity index (χ3n) is 2.81. The summed E-state index contributed by atoms with van der Waals surface area (Å²) in [6, 6.07) is 7.36. The molecule has 0 saturated carbocycles. The fourth-order valence-corrected chi connectivity index (χ4v) is 3.07. The number of fused-ring (bicyclic) bond motifs is 1. The van der Waals surface area contributed by atoms with Gasteiger partial charge in [0.25, 0.3) is 0 Å². The Kier molecular flexibility index (Phi) is 3.23. The van der Waals surface area contributed by atoms with Crippen molar-refractivity contribution in [2.24, 2.45) is 0 Å². The number of rotatable bonds is 3. The van der Waals surface area contributed by atoms with Crippen molar-refractivity contribution >= 4 is 44.2 Å². The molecule has 0 atom stereocenters. The van der Waals surface area contributed by atoms with E-state index in [0.29, 0.717) is 17.0 Å². The van der Waals surface area contributed by atoms with Crippen molar-refractivity contribution in [3.8, 4) is 11.5 Å². The van der Waals surface area contributed by atoms with Gasteiger partial charge in [-0.2, -0.15) is 0 Å². The molecule has 2 heterocycles. The molecule has 0 aliphatic rings.